The normalized spacial score (nSPS) is 24.2. The van der Waals surface area contributed by atoms with Crippen molar-refractivity contribution in [1.82, 2.24) is 4.90 Å². The second kappa shape index (κ2) is 5.30. The number of hydrogen-bond acceptors (Lipinski definition) is 3. The number of hydrogen-bond donors (Lipinski definition) is 2. The predicted octanol–water partition coefficient (Wildman–Crippen LogP) is 1.62. The third kappa shape index (κ3) is 2.68. The lowest BCUT2D eigenvalue weighted by molar-refractivity contribution is -0.0724. The van der Waals surface area contributed by atoms with Gasteiger partial charge in [-0.15, -0.1) is 0 Å². The minimum atomic E-state index is -1.15. The molecule has 1 heterocycles. The zero-order valence-corrected chi connectivity index (χ0v) is 9.89. The lowest BCUT2D eigenvalue weighted by Gasteiger charge is -2.31. The van der Waals surface area contributed by atoms with E-state index in [9.17, 15) is 19.0 Å². The van der Waals surface area contributed by atoms with E-state index in [1.165, 1.54) is 12.1 Å². The largest absolute Gasteiger partial charge is 0.389 e. The Morgan fingerprint density at radius 1 is 1.22 bits per heavy atom. The molecule has 3 atom stereocenters. The highest BCUT2D eigenvalue weighted by Gasteiger charge is 2.33. The van der Waals surface area contributed by atoms with Crippen LogP contribution in [0.1, 0.15) is 24.4 Å². The van der Waals surface area contributed by atoms with Crippen LogP contribution in [0.2, 0.25) is 0 Å². The summed E-state index contributed by atoms with van der Waals surface area (Å²) in [6.07, 6.45) is -0.785. The highest BCUT2D eigenvalue weighted by atomic mass is 19.1. The molecule has 2 N–H and O–H groups in total. The molecule has 1 radical (unpaired) electrons. The Morgan fingerprint density at radius 3 is 2.39 bits per heavy atom. The van der Waals surface area contributed by atoms with Crippen molar-refractivity contribution in [3.05, 3.63) is 42.3 Å². The molecule has 0 spiro atoms. The Hall–Kier alpha value is -1.04. The molecule has 0 saturated carbocycles. The summed E-state index contributed by atoms with van der Waals surface area (Å²) >= 11 is 0. The molecule has 3 nitrogen and oxygen atoms in total. The third-order valence-electron chi connectivity index (χ3n) is 3.25. The molecule has 5 heteroatoms. The van der Waals surface area contributed by atoms with Gasteiger partial charge < -0.3 is 10.2 Å². The highest BCUT2D eigenvalue weighted by molar-refractivity contribution is 5.22. The summed E-state index contributed by atoms with van der Waals surface area (Å²) in [5.74, 6) is -1.27. The van der Waals surface area contributed by atoms with E-state index in [-0.39, 0.29) is 6.04 Å². The first-order valence-electron chi connectivity index (χ1n) is 5.90. The zero-order valence-electron chi connectivity index (χ0n) is 9.89. The molecule has 1 aromatic carbocycles. The predicted molar refractivity (Wildman–Crippen MR) is 62.4 cm³/mol. The summed E-state index contributed by atoms with van der Waals surface area (Å²) < 4.78 is 26.4. The van der Waals surface area contributed by atoms with E-state index >= 15 is 0 Å². The van der Waals surface area contributed by atoms with E-state index in [0.717, 1.165) is 12.5 Å². The number of aliphatic hydroxyl groups excluding tert-OH is 2. The fourth-order valence-electron chi connectivity index (χ4n) is 2.45. The van der Waals surface area contributed by atoms with Crippen LogP contribution in [0.15, 0.2) is 18.2 Å². The lowest BCUT2D eigenvalue weighted by atomic mass is 10.0. The van der Waals surface area contributed by atoms with Gasteiger partial charge in [-0.3, -0.25) is 4.90 Å². The van der Waals surface area contributed by atoms with E-state index < -0.39 is 24.0 Å². The van der Waals surface area contributed by atoms with Crippen LogP contribution in [-0.2, 0) is 0 Å². The molecule has 2 rings (SSSR count). The zero-order chi connectivity index (χ0) is 13.3. The highest BCUT2D eigenvalue weighted by Crippen LogP contribution is 2.34. The second-order valence-electron chi connectivity index (χ2n) is 4.58. The number of nitrogens with zero attached hydrogens (tertiary/aromatic N) is 1. The van der Waals surface area contributed by atoms with Gasteiger partial charge in [0.2, 0.25) is 0 Å². The molecule has 0 aromatic heterocycles. The van der Waals surface area contributed by atoms with Crippen LogP contribution >= 0.6 is 0 Å². The van der Waals surface area contributed by atoms with Crippen molar-refractivity contribution in [1.29, 1.82) is 0 Å². The average Bonchev–Trinajstić information content (AvgIpc) is 2.75. The van der Waals surface area contributed by atoms with E-state index in [0.29, 0.717) is 18.5 Å². The summed E-state index contributed by atoms with van der Waals surface area (Å²) in [5, 5.41) is 19.1. The minimum absolute atomic E-state index is 0.290. The van der Waals surface area contributed by atoms with Crippen molar-refractivity contribution in [2.24, 2.45) is 0 Å². The fourth-order valence-corrected chi connectivity index (χ4v) is 2.45. The van der Waals surface area contributed by atoms with Gasteiger partial charge in [0.1, 0.15) is 17.9 Å². The summed E-state index contributed by atoms with van der Waals surface area (Å²) in [4.78, 5) is 1.62. The third-order valence-corrected chi connectivity index (χ3v) is 3.25. The van der Waals surface area contributed by atoms with Gasteiger partial charge in [-0.2, -0.15) is 0 Å². The van der Waals surface area contributed by atoms with Gasteiger partial charge in [0, 0.05) is 18.7 Å². The summed E-state index contributed by atoms with van der Waals surface area (Å²) in [6, 6.07) is 3.04. The smallest absolute Gasteiger partial charge is 0.134 e. The topological polar surface area (TPSA) is 43.7 Å². The number of benzene rings is 1. The number of aliphatic hydroxyl groups is 2. The van der Waals surface area contributed by atoms with E-state index in [4.69, 9.17) is 0 Å². The first kappa shape index (κ1) is 13.4. The van der Waals surface area contributed by atoms with E-state index in [1.54, 1.807) is 4.90 Å². The quantitative estimate of drug-likeness (QED) is 0.863. The van der Waals surface area contributed by atoms with Gasteiger partial charge in [-0.25, -0.2) is 8.78 Å². The van der Waals surface area contributed by atoms with E-state index in [1.807, 2.05) is 0 Å². The Labute approximate surface area is 105 Å². The van der Waals surface area contributed by atoms with Crippen LogP contribution in [0.4, 0.5) is 8.78 Å². The number of likely N-dealkylation sites (tertiary alicyclic amines) is 1. The maximum Gasteiger partial charge on any atom is 0.134 e. The van der Waals surface area contributed by atoms with Crippen molar-refractivity contribution >= 4 is 0 Å². The molecule has 18 heavy (non-hydrogen) atoms. The van der Waals surface area contributed by atoms with E-state index in [2.05, 4.69) is 6.92 Å². The Bertz CT molecular complexity index is 405. The molecule has 99 valence electrons. The molecule has 1 aliphatic heterocycles. The van der Waals surface area contributed by atoms with Crippen LogP contribution in [-0.4, -0.2) is 34.0 Å². The number of rotatable bonds is 3. The lowest BCUT2D eigenvalue weighted by Crippen LogP contribution is -2.42. The van der Waals surface area contributed by atoms with Gasteiger partial charge >= 0.3 is 0 Å². The second-order valence-corrected chi connectivity index (χ2v) is 4.58. The summed E-state index contributed by atoms with van der Waals surface area (Å²) in [7, 11) is 0. The van der Waals surface area contributed by atoms with Crippen molar-refractivity contribution in [2.75, 3.05) is 6.54 Å². The van der Waals surface area contributed by atoms with Crippen LogP contribution in [0.3, 0.4) is 0 Å². The summed E-state index contributed by atoms with van der Waals surface area (Å²) in [5.41, 5.74) is 0.477. The van der Waals surface area contributed by atoms with Crippen molar-refractivity contribution in [3.8, 4) is 0 Å². The van der Waals surface area contributed by atoms with Gasteiger partial charge in [0.25, 0.3) is 0 Å². The van der Waals surface area contributed by atoms with Gasteiger partial charge in [-0.05, 0) is 37.5 Å². The monoisotopic (exact) mass is 256 g/mol. The van der Waals surface area contributed by atoms with Gasteiger partial charge in [0.15, 0.2) is 0 Å². The SMILES string of the molecule is [CH2]C(O)C(O)N1CCC[C@@H]1c1cc(F)cc(F)c1. The molecule has 1 aromatic rings. The molecule has 1 fully saturated rings. The molecular weight excluding hydrogens is 240 g/mol. The molecule has 0 amide bonds. The molecule has 1 aliphatic rings. The standard InChI is InChI=1S/C13H16F2NO2/c1-8(17)13(18)16-4-2-3-12(16)9-5-10(14)7-11(15)6-9/h5-8,12-13,17-18H,1-4H2/t8?,12-,13?/m1/s1. The molecular formula is C13H16F2NO2. The minimum Gasteiger partial charge on any atom is -0.389 e. The molecule has 1 saturated heterocycles. The Balaban J connectivity index is 2.25. The van der Waals surface area contributed by atoms with Crippen LogP contribution < -0.4 is 0 Å². The van der Waals surface area contributed by atoms with Gasteiger partial charge in [0.05, 0.1) is 6.10 Å². The Kier molecular flexibility index (Phi) is 3.94. The van der Waals surface area contributed by atoms with Crippen molar-refractivity contribution in [2.45, 2.75) is 31.2 Å². The Morgan fingerprint density at radius 2 is 1.83 bits per heavy atom. The van der Waals surface area contributed by atoms with Crippen LogP contribution in [0, 0.1) is 18.6 Å². The molecule has 0 bridgehead atoms. The first-order chi connectivity index (χ1) is 8.49. The maximum absolute atomic E-state index is 13.2. The number of halogens is 2. The van der Waals surface area contributed by atoms with Crippen LogP contribution in [0.5, 0.6) is 0 Å². The maximum atomic E-state index is 13.2. The van der Waals surface area contributed by atoms with Crippen molar-refractivity contribution < 1.29 is 19.0 Å². The van der Waals surface area contributed by atoms with Gasteiger partial charge in [-0.1, -0.05) is 0 Å². The average molecular weight is 256 g/mol. The van der Waals surface area contributed by atoms with Crippen molar-refractivity contribution in [3.63, 3.8) is 0 Å². The van der Waals surface area contributed by atoms with Crippen LogP contribution in [0.25, 0.3) is 0 Å². The molecule has 2 unspecified atom stereocenters. The first-order valence-corrected chi connectivity index (χ1v) is 5.90. The molecule has 0 aliphatic carbocycles. The summed E-state index contributed by atoms with van der Waals surface area (Å²) in [6.45, 7) is 3.93. The fraction of sp³-hybridized carbons (Fsp3) is 0.462.